The van der Waals surface area contributed by atoms with Crippen molar-refractivity contribution in [3.63, 3.8) is 0 Å². The number of piperidine rings is 1. The van der Waals surface area contributed by atoms with Crippen LogP contribution in [-0.4, -0.2) is 59.8 Å². The SMILES string of the molecule is CC(=O)Oc1cc(O)c2c3c1O[C@H]1[C@H](NC(=O)C#Cc4ccc(C(F)(F)F)cc4)CC[C@H]4[C@@H](C2)[N+](C)(CC(C)C)CC[C@@]341. The fourth-order valence-corrected chi connectivity index (χ4v) is 8.58. The summed E-state index contributed by atoms with van der Waals surface area (Å²) in [5, 5.41) is 14.3. The second-order valence-corrected chi connectivity index (χ2v) is 13.1. The third-order valence-corrected chi connectivity index (χ3v) is 9.96. The number of benzene rings is 2. The summed E-state index contributed by atoms with van der Waals surface area (Å²) >= 11 is 0. The molecule has 2 fully saturated rings. The highest BCUT2D eigenvalue weighted by atomic mass is 19.4. The number of amides is 1. The van der Waals surface area contributed by atoms with Gasteiger partial charge in [-0.2, -0.15) is 13.2 Å². The van der Waals surface area contributed by atoms with E-state index in [2.05, 4.69) is 38.1 Å². The number of phenolic OH excluding ortho intramolecular Hbond substituents is 1. The van der Waals surface area contributed by atoms with Crippen LogP contribution in [0.5, 0.6) is 17.2 Å². The zero-order valence-corrected chi connectivity index (χ0v) is 24.7. The number of carbonyl (C=O) groups excluding carboxylic acids is 2. The highest BCUT2D eigenvalue weighted by molar-refractivity contribution is 5.94. The zero-order valence-electron chi connectivity index (χ0n) is 24.7. The van der Waals surface area contributed by atoms with Gasteiger partial charge in [-0.05, 0) is 37.1 Å². The van der Waals surface area contributed by atoms with Gasteiger partial charge in [0.2, 0.25) is 0 Å². The highest BCUT2D eigenvalue weighted by Crippen LogP contribution is 2.66. The number of alkyl halides is 3. The number of nitrogens with one attached hydrogen (secondary N) is 1. The summed E-state index contributed by atoms with van der Waals surface area (Å²) in [6, 6.07) is 5.68. The Morgan fingerprint density at radius 2 is 1.95 bits per heavy atom. The zero-order chi connectivity index (χ0) is 30.9. The average Bonchev–Trinajstić information content (AvgIpc) is 3.27. The molecule has 228 valence electrons. The van der Waals surface area contributed by atoms with Crippen molar-refractivity contribution in [2.45, 2.75) is 76.2 Å². The Bertz CT molecular complexity index is 1540. The first-order chi connectivity index (χ1) is 20.2. The average molecular weight is 598 g/mol. The van der Waals surface area contributed by atoms with Crippen LogP contribution in [0.2, 0.25) is 0 Å². The van der Waals surface area contributed by atoms with Crippen molar-refractivity contribution in [2.75, 3.05) is 20.1 Å². The minimum Gasteiger partial charge on any atom is -0.508 e. The molecule has 1 amide bonds. The molecular weight excluding hydrogens is 561 g/mol. The molecule has 2 N–H and O–H groups in total. The van der Waals surface area contributed by atoms with E-state index in [0.717, 1.165) is 53.7 Å². The number of halogens is 3. The number of quaternary nitrogens is 1. The normalized spacial score (nSPS) is 30.0. The molecule has 6 rings (SSSR count). The Morgan fingerprint density at radius 3 is 2.60 bits per heavy atom. The first-order valence-electron chi connectivity index (χ1n) is 14.8. The molecule has 2 aliphatic heterocycles. The molecule has 2 aromatic carbocycles. The number of ether oxygens (including phenoxy) is 2. The number of rotatable bonds is 4. The fraction of sp³-hybridized carbons (Fsp3) is 0.515. The van der Waals surface area contributed by atoms with E-state index < -0.39 is 41.2 Å². The van der Waals surface area contributed by atoms with E-state index in [-0.39, 0.29) is 23.5 Å². The number of likely N-dealkylation sites (N-methyl/N-ethyl adjacent to an activating group) is 1. The van der Waals surface area contributed by atoms with Gasteiger partial charge in [0.05, 0.1) is 43.2 Å². The summed E-state index contributed by atoms with van der Waals surface area (Å²) in [5.41, 5.74) is 0.770. The summed E-state index contributed by atoms with van der Waals surface area (Å²) in [6.45, 7) is 7.68. The lowest BCUT2D eigenvalue weighted by molar-refractivity contribution is -0.947. The van der Waals surface area contributed by atoms with Crippen molar-refractivity contribution in [3.8, 4) is 29.1 Å². The lowest BCUT2D eigenvalue weighted by atomic mass is 9.50. The number of esters is 1. The van der Waals surface area contributed by atoms with E-state index in [4.69, 9.17) is 9.47 Å². The fourth-order valence-electron chi connectivity index (χ4n) is 8.58. The van der Waals surface area contributed by atoms with Crippen molar-refractivity contribution in [1.29, 1.82) is 0 Å². The van der Waals surface area contributed by atoms with E-state index in [1.165, 1.54) is 25.1 Å². The van der Waals surface area contributed by atoms with Crippen molar-refractivity contribution < 1.29 is 41.8 Å². The third kappa shape index (κ3) is 4.82. The maximum atomic E-state index is 13.1. The van der Waals surface area contributed by atoms with Gasteiger partial charge in [0.25, 0.3) is 5.91 Å². The smallest absolute Gasteiger partial charge is 0.416 e. The predicted octanol–water partition coefficient (Wildman–Crippen LogP) is 4.71. The van der Waals surface area contributed by atoms with E-state index in [1.54, 1.807) is 0 Å². The largest absolute Gasteiger partial charge is 0.508 e. The van der Waals surface area contributed by atoms with Gasteiger partial charge in [-0.1, -0.05) is 19.8 Å². The van der Waals surface area contributed by atoms with Crippen LogP contribution in [0.25, 0.3) is 0 Å². The minimum atomic E-state index is -4.45. The number of nitrogens with zero attached hydrogens (tertiary/aromatic N) is 1. The van der Waals surface area contributed by atoms with Gasteiger partial charge >= 0.3 is 12.1 Å². The van der Waals surface area contributed by atoms with Crippen molar-refractivity contribution >= 4 is 11.9 Å². The van der Waals surface area contributed by atoms with Crippen molar-refractivity contribution in [1.82, 2.24) is 5.32 Å². The van der Waals surface area contributed by atoms with Gasteiger partial charge < -0.3 is 24.4 Å². The Kier molecular flexibility index (Phi) is 6.96. The topological polar surface area (TPSA) is 84.9 Å². The molecule has 1 saturated carbocycles. The first kappa shape index (κ1) is 29.4. The molecule has 1 unspecified atom stereocenters. The lowest BCUT2D eigenvalue weighted by Gasteiger charge is -2.62. The standard InChI is InChI=1S/C33H35F3N2O5/c1-18(2)17-38(4)14-13-32-23-10-11-24(37-28(41)12-7-20-5-8-21(9-6-20)33(34,35)36)31(32)43-30-27(42-19(3)39)16-26(40)22(29(30)32)15-25(23)38/h5-6,8-9,16,18,23-25,31H,10-11,13-15,17H2,1-4H3,(H-,37,40,41)/p+1/t23-,24+,25+,31-,32-,38?/m0/s1. The Balaban J connectivity index is 1.34. The maximum absolute atomic E-state index is 13.1. The second-order valence-electron chi connectivity index (χ2n) is 13.1. The van der Waals surface area contributed by atoms with Crippen molar-refractivity contribution in [2.24, 2.45) is 11.8 Å². The molecule has 10 heteroatoms. The molecule has 2 bridgehead atoms. The van der Waals surface area contributed by atoms with Crippen LogP contribution < -0.4 is 14.8 Å². The number of hydrogen-bond acceptors (Lipinski definition) is 5. The Labute approximate surface area is 248 Å². The van der Waals surface area contributed by atoms with Gasteiger partial charge in [0, 0.05) is 60.3 Å². The Hall–Kier alpha value is -3.71. The van der Waals surface area contributed by atoms with Gasteiger partial charge in [-0.25, -0.2) is 0 Å². The predicted molar refractivity (Wildman–Crippen MR) is 151 cm³/mol. The van der Waals surface area contributed by atoms with Crippen LogP contribution in [0.15, 0.2) is 30.3 Å². The van der Waals surface area contributed by atoms with Crippen LogP contribution >= 0.6 is 0 Å². The van der Waals surface area contributed by atoms with Crippen LogP contribution in [-0.2, 0) is 27.6 Å². The molecule has 6 atom stereocenters. The summed E-state index contributed by atoms with van der Waals surface area (Å²) in [7, 11) is 2.31. The monoisotopic (exact) mass is 597 g/mol. The summed E-state index contributed by atoms with van der Waals surface area (Å²) in [5.74, 6) is 5.59. The molecule has 2 aromatic rings. The molecule has 7 nitrogen and oxygen atoms in total. The molecule has 2 heterocycles. The molecule has 0 radical (unpaired) electrons. The van der Waals surface area contributed by atoms with E-state index in [0.29, 0.717) is 30.1 Å². The van der Waals surface area contributed by atoms with Gasteiger partial charge in [0.15, 0.2) is 11.5 Å². The molecule has 43 heavy (non-hydrogen) atoms. The van der Waals surface area contributed by atoms with Crippen LogP contribution in [0.1, 0.15) is 62.3 Å². The number of carbonyl (C=O) groups is 2. The first-order valence-corrected chi connectivity index (χ1v) is 14.8. The number of hydrogen-bond donors (Lipinski definition) is 2. The number of aromatic hydroxyl groups is 1. The maximum Gasteiger partial charge on any atom is 0.416 e. The van der Waals surface area contributed by atoms with Gasteiger partial charge in [0.1, 0.15) is 11.9 Å². The minimum absolute atomic E-state index is 0.0913. The second kappa shape index (κ2) is 10.2. The van der Waals surface area contributed by atoms with Gasteiger partial charge in [-0.15, -0.1) is 0 Å². The summed E-state index contributed by atoms with van der Waals surface area (Å²) in [4.78, 5) is 25.0. The lowest BCUT2D eigenvalue weighted by Crippen LogP contribution is -2.73. The molecule has 2 aliphatic carbocycles. The van der Waals surface area contributed by atoms with Gasteiger partial charge in [-0.3, -0.25) is 9.59 Å². The third-order valence-electron chi connectivity index (χ3n) is 9.96. The van der Waals surface area contributed by atoms with E-state index >= 15 is 0 Å². The quantitative estimate of drug-likeness (QED) is 0.231. The number of likely N-dealkylation sites (tertiary alicyclic amines) is 1. The summed E-state index contributed by atoms with van der Waals surface area (Å²) < 4.78 is 51.8. The van der Waals surface area contributed by atoms with Crippen LogP contribution in [0.3, 0.4) is 0 Å². The molecule has 4 aliphatic rings. The van der Waals surface area contributed by atoms with E-state index in [1.807, 2.05) is 0 Å². The van der Waals surface area contributed by atoms with E-state index in [9.17, 15) is 27.9 Å². The Morgan fingerprint density at radius 1 is 1.23 bits per heavy atom. The summed E-state index contributed by atoms with van der Waals surface area (Å²) in [6.07, 6.45) is -1.94. The number of phenols is 1. The molecular formula is C33H36F3N2O5+. The molecule has 1 saturated heterocycles. The van der Waals surface area contributed by atoms with Crippen molar-refractivity contribution in [3.05, 3.63) is 52.6 Å². The van der Waals surface area contributed by atoms with Crippen LogP contribution in [0.4, 0.5) is 13.2 Å². The molecule has 1 spiro atoms. The highest BCUT2D eigenvalue weighted by Gasteiger charge is 2.69. The van der Waals surface area contributed by atoms with Crippen LogP contribution in [0, 0.1) is 23.7 Å². The molecule has 0 aromatic heterocycles.